The molecule has 4 rings (SSSR count). The number of benzene rings is 3. The van der Waals surface area contributed by atoms with E-state index in [0.717, 1.165) is 11.1 Å². The van der Waals surface area contributed by atoms with E-state index in [1.807, 2.05) is 49.4 Å². The first-order valence-corrected chi connectivity index (χ1v) is 11.6. The summed E-state index contributed by atoms with van der Waals surface area (Å²) in [5.41, 5.74) is 2.42. The molecule has 0 amide bonds. The van der Waals surface area contributed by atoms with Crippen molar-refractivity contribution >= 4 is 38.9 Å². The lowest BCUT2D eigenvalue weighted by Crippen LogP contribution is -2.07. The first kappa shape index (κ1) is 21.4. The van der Waals surface area contributed by atoms with Crippen LogP contribution in [0.1, 0.15) is 11.1 Å². The van der Waals surface area contributed by atoms with E-state index < -0.39 is 9.84 Å². The molecule has 1 N–H and O–H groups in total. The number of sulfone groups is 1. The maximum absolute atomic E-state index is 13.3. The highest BCUT2D eigenvalue weighted by molar-refractivity contribution is 7.91. The number of oxazole rings is 1. The fourth-order valence-electron chi connectivity index (χ4n) is 3.07. The summed E-state index contributed by atoms with van der Waals surface area (Å²) in [6, 6.07) is 20.7. The molecule has 1 aromatic heterocycles. The average Bonchev–Trinajstić information content (AvgIpc) is 3.19. The highest BCUT2D eigenvalue weighted by Gasteiger charge is 2.29. The first-order valence-electron chi connectivity index (χ1n) is 9.41. The third kappa shape index (κ3) is 4.46. The Balaban J connectivity index is 1.79. The van der Waals surface area contributed by atoms with Crippen LogP contribution >= 0.6 is 23.2 Å². The lowest BCUT2D eigenvalue weighted by molar-refractivity contribution is 0.576. The molecule has 0 fully saturated rings. The second-order valence-electron chi connectivity index (χ2n) is 6.87. The van der Waals surface area contributed by atoms with Crippen LogP contribution in [0.4, 0.5) is 5.88 Å². The van der Waals surface area contributed by atoms with Crippen LogP contribution in [0.2, 0.25) is 10.0 Å². The van der Waals surface area contributed by atoms with Crippen LogP contribution in [0.15, 0.2) is 87.1 Å². The molecule has 0 spiro atoms. The Kier molecular flexibility index (Phi) is 6.05. The normalized spacial score (nSPS) is 11.5. The Bertz CT molecular complexity index is 1330. The zero-order valence-corrected chi connectivity index (χ0v) is 18.8. The largest absolute Gasteiger partial charge is 0.419 e. The lowest BCUT2D eigenvalue weighted by atomic mass is 10.1. The van der Waals surface area contributed by atoms with Crippen molar-refractivity contribution in [3.05, 3.63) is 94.0 Å². The number of rotatable bonds is 6. The quantitative estimate of drug-likeness (QED) is 0.351. The van der Waals surface area contributed by atoms with Gasteiger partial charge in [-0.2, -0.15) is 4.98 Å². The molecule has 5 nitrogen and oxygen atoms in total. The zero-order chi connectivity index (χ0) is 22.0. The van der Waals surface area contributed by atoms with Gasteiger partial charge in [0.25, 0.3) is 0 Å². The predicted octanol–water partition coefficient (Wildman–Crippen LogP) is 6.40. The second-order valence-corrected chi connectivity index (χ2v) is 9.58. The summed E-state index contributed by atoms with van der Waals surface area (Å²) in [7, 11) is -3.96. The van der Waals surface area contributed by atoms with Crippen molar-refractivity contribution in [2.24, 2.45) is 0 Å². The summed E-state index contributed by atoms with van der Waals surface area (Å²) in [5.74, 6) is 0.264. The summed E-state index contributed by atoms with van der Waals surface area (Å²) in [5, 5.41) is 3.86. The molecule has 3 aromatic carbocycles. The standard InChI is InChI=1S/C23H18Cl2N2O3S/c1-15-6-2-4-8-19(15)21-27-23(31(28,29)18-12-10-17(24)11-13-18)22(30-21)26-14-16-7-3-5-9-20(16)25/h2-13,26H,14H2,1H3. The van der Waals surface area contributed by atoms with Gasteiger partial charge in [0.05, 0.1) is 4.90 Å². The molecule has 0 radical (unpaired) electrons. The van der Waals surface area contributed by atoms with Crippen LogP contribution in [-0.2, 0) is 16.4 Å². The Hall–Kier alpha value is -2.80. The second kappa shape index (κ2) is 8.75. The number of nitrogens with zero attached hydrogens (tertiary/aromatic N) is 1. The van der Waals surface area contributed by atoms with Crippen molar-refractivity contribution in [3.63, 3.8) is 0 Å². The molecular weight excluding hydrogens is 455 g/mol. The maximum atomic E-state index is 13.3. The Labute approximate surface area is 190 Å². The third-order valence-electron chi connectivity index (χ3n) is 4.75. The van der Waals surface area contributed by atoms with Crippen molar-refractivity contribution in [1.29, 1.82) is 0 Å². The van der Waals surface area contributed by atoms with Gasteiger partial charge < -0.3 is 9.73 Å². The van der Waals surface area contributed by atoms with Crippen molar-refractivity contribution in [1.82, 2.24) is 4.98 Å². The van der Waals surface area contributed by atoms with Gasteiger partial charge in [0.15, 0.2) is 0 Å². The highest BCUT2D eigenvalue weighted by atomic mass is 35.5. The third-order valence-corrected chi connectivity index (χ3v) is 7.05. The van der Waals surface area contributed by atoms with Gasteiger partial charge in [-0.05, 0) is 54.4 Å². The van der Waals surface area contributed by atoms with Gasteiger partial charge in [-0.15, -0.1) is 0 Å². The van der Waals surface area contributed by atoms with Crippen molar-refractivity contribution in [2.45, 2.75) is 23.4 Å². The van der Waals surface area contributed by atoms with Gasteiger partial charge in [0.2, 0.25) is 26.6 Å². The van der Waals surface area contributed by atoms with Gasteiger partial charge in [-0.25, -0.2) is 8.42 Å². The van der Waals surface area contributed by atoms with E-state index in [1.165, 1.54) is 24.3 Å². The molecule has 0 aliphatic rings. The molecule has 8 heteroatoms. The summed E-state index contributed by atoms with van der Waals surface area (Å²) < 4.78 is 32.6. The predicted molar refractivity (Wildman–Crippen MR) is 122 cm³/mol. The highest BCUT2D eigenvalue weighted by Crippen LogP contribution is 2.34. The molecule has 158 valence electrons. The van der Waals surface area contributed by atoms with Crippen molar-refractivity contribution in [2.75, 3.05) is 5.32 Å². The molecular formula is C23H18Cl2N2O3S. The van der Waals surface area contributed by atoms with Gasteiger partial charge in [0.1, 0.15) is 0 Å². The van der Waals surface area contributed by atoms with E-state index in [2.05, 4.69) is 10.3 Å². The summed E-state index contributed by atoms with van der Waals surface area (Å²) >= 11 is 12.2. The zero-order valence-electron chi connectivity index (χ0n) is 16.5. The molecule has 31 heavy (non-hydrogen) atoms. The van der Waals surface area contributed by atoms with Crippen LogP contribution in [0.25, 0.3) is 11.5 Å². The molecule has 0 unspecified atom stereocenters. The van der Waals surface area contributed by atoms with Crippen molar-refractivity contribution < 1.29 is 12.8 Å². The fraction of sp³-hybridized carbons (Fsp3) is 0.0870. The molecule has 4 aromatic rings. The van der Waals surface area contributed by atoms with Gasteiger partial charge in [-0.3, -0.25) is 0 Å². The van der Waals surface area contributed by atoms with Crippen LogP contribution < -0.4 is 5.32 Å². The van der Waals surface area contributed by atoms with E-state index in [9.17, 15) is 8.42 Å². The van der Waals surface area contributed by atoms with Crippen LogP contribution in [0, 0.1) is 6.92 Å². The van der Waals surface area contributed by atoms with Crippen LogP contribution in [-0.4, -0.2) is 13.4 Å². The smallest absolute Gasteiger partial charge is 0.234 e. The first-order chi connectivity index (χ1) is 14.9. The summed E-state index contributed by atoms with van der Waals surface area (Å²) in [6.45, 7) is 2.18. The number of nitrogens with one attached hydrogen (secondary N) is 1. The number of hydrogen-bond acceptors (Lipinski definition) is 5. The minimum absolute atomic E-state index is 0.0492. The van der Waals surface area contributed by atoms with Crippen LogP contribution in [0.5, 0.6) is 0 Å². The average molecular weight is 473 g/mol. The van der Waals surface area contributed by atoms with Crippen molar-refractivity contribution in [3.8, 4) is 11.5 Å². The number of aryl methyl sites for hydroxylation is 1. The minimum atomic E-state index is -3.96. The summed E-state index contributed by atoms with van der Waals surface area (Å²) in [4.78, 5) is 4.43. The molecule has 0 aliphatic carbocycles. The van der Waals surface area contributed by atoms with Gasteiger partial charge in [0, 0.05) is 22.2 Å². The monoisotopic (exact) mass is 472 g/mol. The van der Waals surface area contributed by atoms with E-state index in [-0.39, 0.29) is 28.2 Å². The number of hydrogen-bond donors (Lipinski definition) is 1. The number of anilines is 1. The fourth-order valence-corrected chi connectivity index (χ4v) is 4.68. The molecule has 0 atom stereocenters. The van der Waals surface area contributed by atoms with Crippen LogP contribution in [0.3, 0.4) is 0 Å². The van der Waals surface area contributed by atoms with E-state index in [1.54, 1.807) is 6.07 Å². The number of halogens is 2. The SMILES string of the molecule is Cc1ccccc1-c1nc(S(=O)(=O)c2ccc(Cl)cc2)c(NCc2ccccc2Cl)o1. The Morgan fingerprint density at radius 3 is 2.32 bits per heavy atom. The Morgan fingerprint density at radius 2 is 1.61 bits per heavy atom. The minimum Gasteiger partial charge on any atom is -0.419 e. The topological polar surface area (TPSA) is 72.2 Å². The Morgan fingerprint density at radius 1 is 0.935 bits per heavy atom. The van der Waals surface area contributed by atoms with E-state index in [0.29, 0.717) is 15.6 Å². The van der Waals surface area contributed by atoms with E-state index in [4.69, 9.17) is 27.6 Å². The lowest BCUT2D eigenvalue weighted by Gasteiger charge is -2.07. The molecule has 0 saturated carbocycles. The maximum Gasteiger partial charge on any atom is 0.234 e. The molecule has 0 bridgehead atoms. The molecule has 0 saturated heterocycles. The summed E-state index contributed by atoms with van der Waals surface area (Å²) in [6.07, 6.45) is 0. The molecule has 0 aliphatic heterocycles. The van der Waals surface area contributed by atoms with Gasteiger partial charge >= 0.3 is 0 Å². The van der Waals surface area contributed by atoms with Gasteiger partial charge in [-0.1, -0.05) is 59.6 Å². The van der Waals surface area contributed by atoms with E-state index >= 15 is 0 Å². The molecule has 1 heterocycles. The number of aromatic nitrogens is 1.